The van der Waals surface area contributed by atoms with Gasteiger partial charge in [0.1, 0.15) is 17.0 Å². The van der Waals surface area contributed by atoms with Crippen molar-refractivity contribution in [1.82, 2.24) is 35.0 Å². The summed E-state index contributed by atoms with van der Waals surface area (Å²) in [5, 5.41) is 7.66. The summed E-state index contributed by atoms with van der Waals surface area (Å²) in [6, 6.07) is 7.14. The molecule has 11 heteroatoms. The molecule has 2 fully saturated rings. The number of aromatic amines is 2. The molecule has 8 nitrogen and oxygen atoms in total. The second-order valence-corrected chi connectivity index (χ2v) is 10.5. The number of pyridine rings is 2. The molecule has 6 heterocycles. The van der Waals surface area contributed by atoms with Gasteiger partial charge in [-0.15, -0.1) is 0 Å². The summed E-state index contributed by atoms with van der Waals surface area (Å²) < 4.78 is 43.4. The maximum absolute atomic E-state index is 16.1. The highest BCUT2D eigenvalue weighted by molar-refractivity contribution is 5.97. The summed E-state index contributed by atoms with van der Waals surface area (Å²) in [6.45, 7) is 2.25. The molecular weight excluding hydrogens is 505 g/mol. The number of hydrogen-bond donors (Lipinski definition) is 2. The molecule has 2 aliphatic heterocycles. The van der Waals surface area contributed by atoms with Gasteiger partial charge in [0.25, 0.3) is 5.92 Å². The van der Waals surface area contributed by atoms with Crippen LogP contribution in [0.3, 0.4) is 0 Å². The molecule has 4 aromatic heterocycles. The van der Waals surface area contributed by atoms with Gasteiger partial charge in [0, 0.05) is 62.3 Å². The van der Waals surface area contributed by atoms with Crippen molar-refractivity contribution in [2.45, 2.75) is 38.2 Å². The van der Waals surface area contributed by atoms with Gasteiger partial charge >= 0.3 is 0 Å². The van der Waals surface area contributed by atoms with Crippen LogP contribution in [0.1, 0.15) is 31.2 Å². The van der Waals surface area contributed by atoms with Crippen LogP contribution in [0.15, 0.2) is 42.9 Å². The number of hydrogen-bond acceptors (Lipinski definition) is 6. The van der Waals surface area contributed by atoms with Gasteiger partial charge in [-0.2, -0.15) is 5.10 Å². The second kappa shape index (κ2) is 9.33. The number of piperidine rings is 1. The Morgan fingerprint density at radius 1 is 1.00 bits per heavy atom. The maximum Gasteiger partial charge on any atom is 0.261 e. The number of imidazole rings is 1. The molecule has 2 N–H and O–H groups in total. The molecule has 0 spiro atoms. The Morgan fingerprint density at radius 3 is 2.69 bits per heavy atom. The summed E-state index contributed by atoms with van der Waals surface area (Å²) >= 11 is 0. The van der Waals surface area contributed by atoms with Crippen molar-refractivity contribution in [3.05, 3.63) is 54.2 Å². The summed E-state index contributed by atoms with van der Waals surface area (Å²) in [4.78, 5) is 21.0. The zero-order valence-electron chi connectivity index (χ0n) is 21.2. The Kier molecular flexibility index (Phi) is 5.76. The summed E-state index contributed by atoms with van der Waals surface area (Å²) in [5.74, 6) is -1.83. The monoisotopic (exact) mass is 532 g/mol. The molecule has 1 aromatic carbocycles. The Morgan fingerprint density at radius 2 is 1.87 bits per heavy atom. The van der Waals surface area contributed by atoms with E-state index in [2.05, 4.69) is 30.0 Å². The highest BCUT2D eigenvalue weighted by Gasteiger charge is 2.38. The van der Waals surface area contributed by atoms with Gasteiger partial charge < -0.3 is 9.88 Å². The fourth-order valence-corrected chi connectivity index (χ4v) is 5.76. The molecule has 0 saturated carbocycles. The minimum absolute atomic E-state index is 0.147. The predicted octanol–water partition coefficient (Wildman–Crippen LogP) is 5.53. The normalized spacial score (nSPS) is 18.0. The first-order valence-corrected chi connectivity index (χ1v) is 13.3. The van der Waals surface area contributed by atoms with Crippen molar-refractivity contribution in [3.8, 4) is 22.6 Å². The number of benzene rings is 1. The van der Waals surface area contributed by atoms with E-state index < -0.39 is 11.7 Å². The predicted molar refractivity (Wildman–Crippen MR) is 143 cm³/mol. The standard InChI is InChI=1S/C28H27F3N8/c29-23-19(18-12-17(13-32-14-18)15-38-11-7-28(30,31)16-38)4-5-20-22(23)25(37-36-20)26-34-21-6-8-33-27(24(21)35-26)39-9-2-1-3-10-39/h4-6,8,12-14H,1-3,7,9-11,15-16H2,(H,34,35)(H,36,37). The lowest BCUT2D eigenvalue weighted by molar-refractivity contribution is 0.0115. The van der Waals surface area contributed by atoms with E-state index in [1.807, 2.05) is 12.1 Å². The van der Waals surface area contributed by atoms with Crippen LogP contribution >= 0.6 is 0 Å². The fourth-order valence-electron chi connectivity index (χ4n) is 5.76. The summed E-state index contributed by atoms with van der Waals surface area (Å²) in [6.07, 6.45) is 8.30. The second-order valence-electron chi connectivity index (χ2n) is 10.5. The van der Waals surface area contributed by atoms with Gasteiger partial charge in [-0.3, -0.25) is 15.0 Å². The number of anilines is 1. The third-order valence-corrected chi connectivity index (χ3v) is 7.69. The lowest BCUT2D eigenvalue weighted by atomic mass is 10.0. The largest absolute Gasteiger partial charge is 0.355 e. The average Bonchev–Trinajstić information content (AvgIpc) is 3.65. The number of rotatable bonds is 5. The zero-order valence-corrected chi connectivity index (χ0v) is 21.2. The summed E-state index contributed by atoms with van der Waals surface area (Å²) in [5.41, 5.74) is 4.18. The molecular formula is C28H27F3N8. The van der Waals surface area contributed by atoms with Gasteiger partial charge in [-0.25, -0.2) is 23.1 Å². The van der Waals surface area contributed by atoms with Crippen LogP contribution < -0.4 is 4.90 Å². The van der Waals surface area contributed by atoms with Crippen molar-refractivity contribution >= 4 is 27.8 Å². The molecule has 0 amide bonds. The number of aromatic nitrogens is 6. The number of fused-ring (bicyclic) bond motifs is 2. The molecule has 5 aromatic rings. The molecule has 0 radical (unpaired) electrons. The van der Waals surface area contributed by atoms with Crippen molar-refractivity contribution < 1.29 is 13.2 Å². The van der Waals surface area contributed by atoms with Crippen molar-refractivity contribution in [3.63, 3.8) is 0 Å². The van der Waals surface area contributed by atoms with Crippen LogP contribution in [-0.2, 0) is 6.54 Å². The molecule has 200 valence electrons. The van der Waals surface area contributed by atoms with E-state index in [-0.39, 0.29) is 13.0 Å². The van der Waals surface area contributed by atoms with Gasteiger partial charge in [0.15, 0.2) is 11.6 Å². The van der Waals surface area contributed by atoms with Crippen LogP contribution in [0.25, 0.3) is 44.6 Å². The Hall–Kier alpha value is -3.99. The van der Waals surface area contributed by atoms with Crippen LogP contribution in [0.2, 0.25) is 0 Å². The lowest BCUT2D eigenvalue weighted by Gasteiger charge is -2.27. The first-order valence-electron chi connectivity index (χ1n) is 13.3. The molecule has 7 rings (SSSR count). The topological polar surface area (TPSA) is 89.6 Å². The highest BCUT2D eigenvalue weighted by Crippen LogP contribution is 2.35. The van der Waals surface area contributed by atoms with Gasteiger partial charge in [0.05, 0.1) is 23.0 Å². The SMILES string of the molecule is Fc1c(-c2cncc(CN3CCC(F)(F)C3)c2)ccc2[nH]nc(-c3nc4c(N5CCCCC5)nccc4[nH]3)c12. The molecule has 0 unspecified atom stereocenters. The third kappa shape index (κ3) is 4.40. The van der Waals surface area contributed by atoms with E-state index in [4.69, 9.17) is 4.98 Å². The molecule has 0 bridgehead atoms. The van der Waals surface area contributed by atoms with E-state index in [0.717, 1.165) is 48.3 Å². The average molecular weight is 533 g/mol. The van der Waals surface area contributed by atoms with Gasteiger partial charge in [-0.1, -0.05) is 0 Å². The molecule has 2 saturated heterocycles. The van der Waals surface area contributed by atoms with Crippen molar-refractivity contribution in [2.75, 3.05) is 31.1 Å². The fraction of sp³-hybridized carbons (Fsp3) is 0.357. The molecule has 0 atom stereocenters. The van der Waals surface area contributed by atoms with E-state index in [1.165, 1.54) is 6.42 Å². The Bertz CT molecular complexity index is 1670. The zero-order chi connectivity index (χ0) is 26.6. The summed E-state index contributed by atoms with van der Waals surface area (Å²) in [7, 11) is 0. The quantitative estimate of drug-likeness (QED) is 0.309. The van der Waals surface area contributed by atoms with Crippen molar-refractivity contribution in [2.24, 2.45) is 0 Å². The third-order valence-electron chi connectivity index (χ3n) is 7.69. The maximum atomic E-state index is 16.1. The smallest absolute Gasteiger partial charge is 0.261 e. The Labute approximate surface area is 222 Å². The molecule has 39 heavy (non-hydrogen) atoms. The first-order chi connectivity index (χ1) is 18.9. The highest BCUT2D eigenvalue weighted by atomic mass is 19.3. The van der Waals surface area contributed by atoms with E-state index >= 15 is 4.39 Å². The molecule has 2 aliphatic rings. The number of alkyl halides is 2. The number of halogens is 3. The van der Waals surface area contributed by atoms with E-state index in [0.29, 0.717) is 46.6 Å². The lowest BCUT2D eigenvalue weighted by Crippen LogP contribution is -2.30. The van der Waals surface area contributed by atoms with Gasteiger partial charge in [0.2, 0.25) is 0 Å². The first kappa shape index (κ1) is 24.1. The number of nitrogens with one attached hydrogen (secondary N) is 2. The Balaban J connectivity index is 1.25. The van der Waals surface area contributed by atoms with E-state index in [9.17, 15) is 8.78 Å². The van der Waals surface area contributed by atoms with Gasteiger partial charge in [-0.05, 0) is 49.1 Å². The van der Waals surface area contributed by atoms with E-state index in [1.54, 1.807) is 35.6 Å². The number of H-pyrrole nitrogens is 2. The minimum atomic E-state index is -2.67. The van der Waals surface area contributed by atoms with Crippen LogP contribution in [0, 0.1) is 5.82 Å². The number of nitrogens with zero attached hydrogens (tertiary/aromatic N) is 6. The van der Waals surface area contributed by atoms with Crippen molar-refractivity contribution in [1.29, 1.82) is 0 Å². The van der Waals surface area contributed by atoms with Crippen LogP contribution in [0.4, 0.5) is 19.0 Å². The molecule has 0 aliphatic carbocycles. The van der Waals surface area contributed by atoms with Crippen LogP contribution in [0.5, 0.6) is 0 Å². The minimum Gasteiger partial charge on any atom is -0.355 e. The number of likely N-dealkylation sites (tertiary alicyclic amines) is 1. The van der Waals surface area contributed by atoms with Crippen LogP contribution in [-0.4, -0.2) is 67.1 Å².